The van der Waals surface area contributed by atoms with Crippen LogP contribution in [0.15, 0.2) is 0 Å². The van der Waals surface area contributed by atoms with E-state index in [4.69, 9.17) is 0 Å². The van der Waals surface area contributed by atoms with Gasteiger partial charge in [-0.15, -0.1) is 0 Å². The fourth-order valence-corrected chi connectivity index (χ4v) is 3.54. The van der Waals surface area contributed by atoms with Crippen molar-refractivity contribution in [3.05, 3.63) is 0 Å². The quantitative estimate of drug-likeness (QED) is 0.643. The van der Waals surface area contributed by atoms with E-state index in [1.165, 1.54) is 12.8 Å². The summed E-state index contributed by atoms with van der Waals surface area (Å²) in [6.07, 6.45) is 6.28. The SMILES string of the molecule is OC1CC2CCC(C1)N2C1CCC1O. The Bertz CT molecular complexity index is 219. The molecule has 0 aromatic rings. The van der Waals surface area contributed by atoms with Crippen molar-refractivity contribution in [1.29, 1.82) is 0 Å². The summed E-state index contributed by atoms with van der Waals surface area (Å²) < 4.78 is 0. The van der Waals surface area contributed by atoms with Crippen LogP contribution in [-0.2, 0) is 0 Å². The van der Waals surface area contributed by atoms with Gasteiger partial charge in [0.2, 0.25) is 0 Å². The summed E-state index contributed by atoms with van der Waals surface area (Å²) in [7, 11) is 0. The second-order valence-electron chi connectivity index (χ2n) is 5.17. The molecule has 4 unspecified atom stereocenters. The number of fused-ring (bicyclic) bond motifs is 2. The van der Waals surface area contributed by atoms with E-state index in [1.807, 2.05) is 0 Å². The minimum absolute atomic E-state index is 0.0824. The van der Waals surface area contributed by atoms with Crippen molar-refractivity contribution in [2.75, 3.05) is 0 Å². The molecule has 0 spiro atoms. The summed E-state index contributed by atoms with van der Waals surface area (Å²) in [6.45, 7) is 0. The fourth-order valence-electron chi connectivity index (χ4n) is 3.54. The van der Waals surface area contributed by atoms with Crippen molar-refractivity contribution in [3.63, 3.8) is 0 Å². The van der Waals surface area contributed by atoms with Crippen LogP contribution in [0.1, 0.15) is 38.5 Å². The zero-order valence-corrected chi connectivity index (χ0v) is 8.47. The van der Waals surface area contributed by atoms with E-state index in [9.17, 15) is 10.2 Å². The van der Waals surface area contributed by atoms with E-state index in [-0.39, 0.29) is 12.2 Å². The summed E-state index contributed by atoms with van der Waals surface area (Å²) in [5, 5.41) is 19.3. The summed E-state index contributed by atoms with van der Waals surface area (Å²) in [5.41, 5.74) is 0. The summed E-state index contributed by atoms with van der Waals surface area (Å²) in [4.78, 5) is 2.51. The lowest BCUT2D eigenvalue weighted by Gasteiger charge is -2.48. The molecule has 1 saturated carbocycles. The highest BCUT2D eigenvalue weighted by molar-refractivity contribution is 5.02. The van der Waals surface area contributed by atoms with Crippen LogP contribution in [0.5, 0.6) is 0 Å². The molecule has 0 radical (unpaired) electrons. The smallest absolute Gasteiger partial charge is 0.0696 e. The second-order valence-corrected chi connectivity index (χ2v) is 5.17. The van der Waals surface area contributed by atoms with Crippen LogP contribution in [-0.4, -0.2) is 45.4 Å². The van der Waals surface area contributed by atoms with Crippen molar-refractivity contribution in [2.45, 2.75) is 68.9 Å². The molecule has 3 fully saturated rings. The maximum Gasteiger partial charge on any atom is 0.0696 e. The average molecular weight is 197 g/mol. The Morgan fingerprint density at radius 1 is 0.857 bits per heavy atom. The lowest BCUT2D eigenvalue weighted by molar-refractivity contribution is -0.0746. The van der Waals surface area contributed by atoms with E-state index >= 15 is 0 Å². The Kier molecular flexibility index (Phi) is 2.08. The monoisotopic (exact) mass is 197 g/mol. The van der Waals surface area contributed by atoms with Gasteiger partial charge in [-0.25, -0.2) is 0 Å². The predicted octanol–water partition coefficient (Wildman–Crippen LogP) is 0.497. The second kappa shape index (κ2) is 3.19. The van der Waals surface area contributed by atoms with Gasteiger partial charge in [-0.3, -0.25) is 4.90 Å². The Morgan fingerprint density at radius 3 is 1.93 bits per heavy atom. The van der Waals surface area contributed by atoms with Crippen molar-refractivity contribution >= 4 is 0 Å². The first-order valence-corrected chi connectivity index (χ1v) is 5.89. The van der Waals surface area contributed by atoms with Gasteiger partial charge < -0.3 is 10.2 Å². The number of nitrogens with zero attached hydrogens (tertiary/aromatic N) is 1. The third-order valence-corrected chi connectivity index (χ3v) is 4.35. The first-order valence-electron chi connectivity index (χ1n) is 5.89. The van der Waals surface area contributed by atoms with E-state index < -0.39 is 0 Å². The molecule has 2 bridgehead atoms. The molecule has 2 saturated heterocycles. The molecule has 0 aromatic carbocycles. The molecule has 3 heteroatoms. The van der Waals surface area contributed by atoms with Crippen LogP contribution in [0.3, 0.4) is 0 Å². The zero-order valence-electron chi connectivity index (χ0n) is 8.47. The summed E-state index contributed by atoms with van der Waals surface area (Å²) in [5.74, 6) is 0. The Hall–Kier alpha value is -0.120. The molecule has 80 valence electrons. The van der Waals surface area contributed by atoms with E-state index in [0.29, 0.717) is 18.1 Å². The normalized spacial score (nSPS) is 53.1. The molecule has 3 rings (SSSR count). The van der Waals surface area contributed by atoms with E-state index in [2.05, 4.69) is 4.90 Å². The van der Waals surface area contributed by atoms with Gasteiger partial charge in [-0.05, 0) is 38.5 Å². The van der Waals surface area contributed by atoms with Crippen molar-refractivity contribution in [1.82, 2.24) is 4.90 Å². The molecular formula is C11H19NO2. The first kappa shape index (κ1) is 9.13. The van der Waals surface area contributed by atoms with Gasteiger partial charge >= 0.3 is 0 Å². The maximum atomic E-state index is 9.69. The summed E-state index contributed by atoms with van der Waals surface area (Å²) >= 11 is 0. The third-order valence-electron chi connectivity index (χ3n) is 4.35. The minimum atomic E-state index is -0.0895. The largest absolute Gasteiger partial charge is 0.393 e. The van der Waals surface area contributed by atoms with Crippen LogP contribution < -0.4 is 0 Å². The lowest BCUT2D eigenvalue weighted by Crippen LogP contribution is -2.58. The van der Waals surface area contributed by atoms with Gasteiger partial charge in [0.1, 0.15) is 0 Å². The molecule has 2 aliphatic heterocycles. The van der Waals surface area contributed by atoms with Gasteiger partial charge in [0.05, 0.1) is 12.2 Å². The number of rotatable bonds is 1. The third kappa shape index (κ3) is 1.23. The molecule has 4 atom stereocenters. The minimum Gasteiger partial charge on any atom is -0.393 e. The molecule has 0 aromatic heterocycles. The number of aliphatic hydroxyl groups excluding tert-OH is 2. The van der Waals surface area contributed by atoms with Crippen LogP contribution in [0.25, 0.3) is 0 Å². The Labute approximate surface area is 84.7 Å². The standard InChI is InChI=1S/C11H19NO2/c13-9-5-7-1-2-8(6-9)12(7)10-3-4-11(10)14/h7-11,13-14H,1-6H2. The fraction of sp³-hybridized carbons (Fsp3) is 1.00. The highest BCUT2D eigenvalue weighted by atomic mass is 16.3. The van der Waals surface area contributed by atoms with Crippen LogP contribution in [0.4, 0.5) is 0 Å². The topological polar surface area (TPSA) is 43.7 Å². The van der Waals surface area contributed by atoms with Gasteiger partial charge in [-0.1, -0.05) is 0 Å². The number of aliphatic hydroxyl groups is 2. The van der Waals surface area contributed by atoms with E-state index in [0.717, 1.165) is 25.7 Å². The summed E-state index contributed by atoms with van der Waals surface area (Å²) in [6, 6.07) is 1.53. The Morgan fingerprint density at radius 2 is 1.50 bits per heavy atom. The van der Waals surface area contributed by atoms with Gasteiger partial charge in [0.25, 0.3) is 0 Å². The molecule has 3 nitrogen and oxygen atoms in total. The first-order chi connectivity index (χ1) is 6.75. The van der Waals surface area contributed by atoms with Gasteiger partial charge in [0.15, 0.2) is 0 Å². The highest BCUT2D eigenvalue weighted by Gasteiger charge is 2.47. The Balaban J connectivity index is 1.75. The van der Waals surface area contributed by atoms with E-state index in [1.54, 1.807) is 0 Å². The van der Waals surface area contributed by atoms with Gasteiger partial charge in [-0.2, -0.15) is 0 Å². The zero-order chi connectivity index (χ0) is 9.71. The molecule has 0 amide bonds. The lowest BCUT2D eigenvalue weighted by atomic mass is 9.84. The van der Waals surface area contributed by atoms with Crippen LogP contribution in [0.2, 0.25) is 0 Å². The molecule has 2 heterocycles. The number of hydrogen-bond donors (Lipinski definition) is 2. The predicted molar refractivity (Wildman–Crippen MR) is 52.9 cm³/mol. The molecule has 3 aliphatic rings. The number of hydrogen-bond acceptors (Lipinski definition) is 3. The van der Waals surface area contributed by atoms with Crippen molar-refractivity contribution in [3.8, 4) is 0 Å². The average Bonchev–Trinajstić information content (AvgIpc) is 2.39. The van der Waals surface area contributed by atoms with Crippen molar-refractivity contribution in [2.24, 2.45) is 0 Å². The molecule has 14 heavy (non-hydrogen) atoms. The molecule has 1 aliphatic carbocycles. The van der Waals surface area contributed by atoms with Crippen LogP contribution in [0, 0.1) is 0 Å². The van der Waals surface area contributed by atoms with Crippen LogP contribution >= 0.6 is 0 Å². The van der Waals surface area contributed by atoms with Crippen molar-refractivity contribution < 1.29 is 10.2 Å². The van der Waals surface area contributed by atoms with Gasteiger partial charge in [0, 0.05) is 18.1 Å². The number of piperidine rings is 1. The maximum absolute atomic E-state index is 9.69. The molecular weight excluding hydrogens is 178 g/mol. The molecule has 2 N–H and O–H groups in total. The highest BCUT2D eigenvalue weighted by Crippen LogP contribution is 2.41.